The highest BCUT2D eigenvalue weighted by molar-refractivity contribution is 5.96. The van der Waals surface area contributed by atoms with E-state index in [1.54, 1.807) is 14.2 Å². The molecule has 102 valence electrons. The summed E-state index contributed by atoms with van der Waals surface area (Å²) in [5, 5.41) is 0. The van der Waals surface area contributed by atoms with Crippen LogP contribution in [0, 0.1) is 0 Å². The topological polar surface area (TPSA) is 35.5 Å². The molecule has 3 nitrogen and oxygen atoms in total. The molecule has 1 aromatic rings. The summed E-state index contributed by atoms with van der Waals surface area (Å²) in [6.07, 6.45) is 6.81. The molecule has 0 radical (unpaired) electrons. The van der Waals surface area contributed by atoms with Crippen molar-refractivity contribution in [3.05, 3.63) is 35.4 Å². The minimum Gasteiger partial charge on any atom is -0.493 e. The lowest BCUT2D eigenvalue weighted by Crippen LogP contribution is -2.09. The zero-order valence-electron chi connectivity index (χ0n) is 11.6. The van der Waals surface area contributed by atoms with Crippen LogP contribution in [-0.4, -0.2) is 20.0 Å². The second-order valence-corrected chi connectivity index (χ2v) is 4.76. The summed E-state index contributed by atoms with van der Waals surface area (Å²) in [7, 11) is 3.21. The summed E-state index contributed by atoms with van der Waals surface area (Å²) in [5.41, 5.74) is 1.95. The second-order valence-electron chi connectivity index (χ2n) is 4.76. The minimum absolute atomic E-state index is 0.229. The van der Waals surface area contributed by atoms with E-state index in [1.807, 2.05) is 18.2 Å². The number of hydrogen-bond acceptors (Lipinski definition) is 3. The smallest absolute Gasteiger partial charge is 0.162 e. The van der Waals surface area contributed by atoms with Crippen molar-refractivity contribution in [3.63, 3.8) is 0 Å². The van der Waals surface area contributed by atoms with Gasteiger partial charge in [-0.2, -0.15) is 0 Å². The molecule has 0 N–H and O–H groups in total. The lowest BCUT2D eigenvalue weighted by atomic mass is 9.93. The van der Waals surface area contributed by atoms with Crippen LogP contribution in [0.3, 0.4) is 0 Å². The van der Waals surface area contributed by atoms with Crippen molar-refractivity contribution in [2.75, 3.05) is 14.2 Å². The van der Waals surface area contributed by atoms with E-state index in [-0.39, 0.29) is 5.78 Å². The third kappa shape index (κ3) is 3.37. The van der Waals surface area contributed by atoms with Crippen molar-refractivity contribution < 1.29 is 14.3 Å². The van der Waals surface area contributed by atoms with E-state index in [4.69, 9.17) is 9.47 Å². The van der Waals surface area contributed by atoms with Gasteiger partial charge in [-0.15, -0.1) is 0 Å². The van der Waals surface area contributed by atoms with Crippen molar-refractivity contribution in [2.45, 2.75) is 32.1 Å². The van der Waals surface area contributed by atoms with Crippen molar-refractivity contribution in [3.8, 4) is 11.5 Å². The first-order chi connectivity index (χ1) is 9.24. The van der Waals surface area contributed by atoms with Crippen LogP contribution in [0.15, 0.2) is 29.8 Å². The number of rotatable bonds is 5. The Balaban J connectivity index is 2.10. The Morgan fingerprint density at radius 1 is 1.16 bits per heavy atom. The maximum atomic E-state index is 12.2. The van der Waals surface area contributed by atoms with Crippen molar-refractivity contribution in [2.24, 2.45) is 0 Å². The molecule has 0 heterocycles. The van der Waals surface area contributed by atoms with Crippen LogP contribution >= 0.6 is 0 Å². The Morgan fingerprint density at radius 2 is 1.95 bits per heavy atom. The van der Waals surface area contributed by atoms with E-state index < -0.39 is 0 Å². The molecular formula is C16H20O3. The highest BCUT2D eigenvalue weighted by Crippen LogP contribution is 2.28. The van der Waals surface area contributed by atoms with Gasteiger partial charge in [0, 0.05) is 6.42 Å². The van der Waals surface area contributed by atoms with Gasteiger partial charge in [-0.1, -0.05) is 12.1 Å². The zero-order chi connectivity index (χ0) is 13.7. The van der Waals surface area contributed by atoms with Crippen molar-refractivity contribution in [1.82, 2.24) is 0 Å². The van der Waals surface area contributed by atoms with E-state index in [9.17, 15) is 4.79 Å². The van der Waals surface area contributed by atoms with Crippen molar-refractivity contribution in [1.29, 1.82) is 0 Å². The largest absolute Gasteiger partial charge is 0.493 e. The van der Waals surface area contributed by atoms with E-state index in [1.165, 1.54) is 6.42 Å². The number of benzene rings is 1. The predicted molar refractivity (Wildman–Crippen MR) is 74.8 cm³/mol. The molecule has 19 heavy (non-hydrogen) atoms. The average molecular weight is 260 g/mol. The highest BCUT2D eigenvalue weighted by atomic mass is 16.5. The van der Waals surface area contributed by atoms with Crippen LogP contribution in [-0.2, 0) is 11.2 Å². The first kappa shape index (κ1) is 13.7. The lowest BCUT2D eigenvalue weighted by molar-refractivity contribution is -0.115. The Hall–Kier alpha value is -1.77. The van der Waals surface area contributed by atoms with Crippen LogP contribution in [0.25, 0.3) is 0 Å². The molecular weight excluding hydrogens is 240 g/mol. The first-order valence-electron chi connectivity index (χ1n) is 6.67. The summed E-state index contributed by atoms with van der Waals surface area (Å²) in [4.78, 5) is 12.2. The molecule has 0 aliphatic heterocycles. The van der Waals surface area contributed by atoms with Gasteiger partial charge in [-0.3, -0.25) is 4.79 Å². The Kier molecular flexibility index (Phi) is 4.61. The van der Waals surface area contributed by atoms with Gasteiger partial charge in [-0.25, -0.2) is 0 Å². The molecule has 3 heteroatoms. The molecule has 1 aliphatic carbocycles. The van der Waals surface area contributed by atoms with Gasteiger partial charge in [0.15, 0.2) is 17.3 Å². The number of allylic oxidation sites excluding steroid dienone is 2. The van der Waals surface area contributed by atoms with Crippen LogP contribution in [0.4, 0.5) is 0 Å². The normalized spacial score (nSPS) is 14.7. The molecule has 2 rings (SSSR count). The number of carbonyl (C=O) groups excluding carboxylic acids is 1. The molecule has 1 aromatic carbocycles. The van der Waals surface area contributed by atoms with Gasteiger partial charge in [0.25, 0.3) is 0 Å². The minimum atomic E-state index is 0.229. The predicted octanol–water partition coefficient (Wildman–Crippen LogP) is 3.32. The van der Waals surface area contributed by atoms with E-state index in [2.05, 4.69) is 6.08 Å². The standard InChI is InChI=1S/C16H20O3/c1-18-15-9-8-12(11-16(15)19-2)10-14(17)13-6-4-3-5-7-13/h6,8-9,11H,3-5,7,10H2,1-2H3. The summed E-state index contributed by atoms with van der Waals surface area (Å²) < 4.78 is 10.4. The Morgan fingerprint density at radius 3 is 2.58 bits per heavy atom. The molecule has 0 aromatic heterocycles. The van der Waals surface area contributed by atoms with E-state index in [0.717, 1.165) is 30.4 Å². The van der Waals surface area contributed by atoms with Gasteiger partial charge in [-0.05, 0) is 49.0 Å². The SMILES string of the molecule is COc1ccc(CC(=O)C2=CCCCC2)cc1OC. The fourth-order valence-corrected chi connectivity index (χ4v) is 2.38. The van der Waals surface area contributed by atoms with Crippen LogP contribution in [0.1, 0.15) is 31.2 Å². The maximum Gasteiger partial charge on any atom is 0.162 e. The third-order valence-corrected chi connectivity index (χ3v) is 3.46. The van der Waals surface area contributed by atoms with Gasteiger partial charge >= 0.3 is 0 Å². The maximum absolute atomic E-state index is 12.2. The molecule has 0 bridgehead atoms. The molecule has 1 aliphatic rings. The molecule has 0 saturated heterocycles. The number of ketones is 1. The summed E-state index contributed by atoms with van der Waals surface area (Å²) in [5.74, 6) is 1.59. The van der Waals surface area contributed by atoms with Crippen molar-refractivity contribution >= 4 is 5.78 Å². The average Bonchev–Trinajstić information content (AvgIpc) is 2.48. The summed E-state index contributed by atoms with van der Waals surface area (Å²) in [6.45, 7) is 0. The number of hydrogen-bond donors (Lipinski definition) is 0. The highest BCUT2D eigenvalue weighted by Gasteiger charge is 2.14. The molecule has 0 saturated carbocycles. The lowest BCUT2D eigenvalue weighted by Gasteiger charge is -2.12. The molecule has 0 atom stereocenters. The zero-order valence-corrected chi connectivity index (χ0v) is 11.6. The number of ether oxygens (including phenoxy) is 2. The quantitative estimate of drug-likeness (QED) is 0.814. The first-order valence-corrected chi connectivity index (χ1v) is 6.67. The van der Waals surface area contributed by atoms with Gasteiger partial charge < -0.3 is 9.47 Å². The van der Waals surface area contributed by atoms with Crippen LogP contribution < -0.4 is 9.47 Å². The van der Waals surface area contributed by atoms with E-state index >= 15 is 0 Å². The molecule has 0 spiro atoms. The number of methoxy groups -OCH3 is 2. The van der Waals surface area contributed by atoms with Crippen LogP contribution in [0.5, 0.6) is 11.5 Å². The Bertz CT molecular complexity index is 489. The summed E-state index contributed by atoms with van der Waals surface area (Å²) >= 11 is 0. The summed E-state index contributed by atoms with van der Waals surface area (Å²) in [6, 6.07) is 5.64. The van der Waals surface area contributed by atoms with Gasteiger partial charge in [0.2, 0.25) is 0 Å². The molecule has 0 fully saturated rings. The number of carbonyl (C=O) groups is 1. The fourth-order valence-electron chi connectivity index (χ4n) is 2.38. The van der Waals surface area contributed by atoms with Crippen LogP contribution in [0.2, 0.25) is 0 Å². The Labute approximate surface area is 114 Å². The molecule has 0 amide bonds. The second kappa shape index (κ2) is 6.41. The van der Waals surface area contributed by atoms with Gasteiger partial charge in [0.05, 0.1) is 14.2 Å². The van der Waals surface area contributed by atoms with Gasteiger partial charge in [0.1, 0.15) is 0 Å². The van der Waals surface area contributed by atoms with E-state index in [0.29, 0.717) is 17.9 Å². The monoisotopic (exact) mass is 260 g/mol. The third-order valence-electron chi connectivity index (χ3n) is 3.46. The fraction of sp³-hybridized carbons (Fsp3) is 0.438. The number of Topliss-reactive ketones (excluding diaryl/α,β-unsaturated/α-hetero) is 1. The molecule has 0 unspecified atom stereocenters.